The summed E-state index contributed by atoms with van der Waals surface area (Å²) in [6.07, 6.45) is 5.68. The average molecular weight is 853 g/mol. The van der Waals surface area contributed by atoms with Crippen molar-refractivity contribution in [2.45, 2.75) is 105 Å². The molecule has 0 fully saturated rings. The zero-order valence-electron chi connectivity index (χ0n) is 26.3. The second kappa shape index (κ2) is 16.5. The third kappa shape index (κ3) is 7.07. The molecule has 0 unspecified atom stereocenters. The molecule has 3 aromatic rings. The van der Waals surface area contributed by atoms with E-state index in [1.165, 1.54) is 19.4 Å². The number of benzene rings is 1. The first-order chi connectivity index (χ1) is 19.5. The summed E-state index contributed by atoms with van der Waals surface area (Å²) in [7, 11) is 0. The van der Waals surface area contributed by atoms with Gasteiger partial charge in [-0.15, -0.1) is 0 Å². The smallest absolute Gasteiger partial charge is 0.254 e. The van der Waals surface area contributed by atoms with Crippen LogP contribution in [0.3, 0.4) is 0 Å². The van der Waals surface area contributed by atoms with Crippen molar-refractivity contribution in [3.8, 4) is 11.4 Å². The van der Waals surface area contributed by atoms with Crippen LogP contribution in [-0.2, 0) is 53.1 Å². The molecule has 2 aliphatic rings. The van der Waals surface area contributed by atoms with Crippen LogP contribution >= 0.6 is 0 Å². The summed E-state index contributed by atoms with van der Waals surface area (Å²) in [5, 5.41) is 14.8. The van der Waals surface area contributed by atoms with Crippen LogP contribution in [0.25, 0.3) is 22.3 Å². The zero-order chi connectivity index (χ0) is 30.6. The Morgan fingerprint density at radius 3 is 2.35 bits per heavy atom. The maximum Gasteiger partial charge on any atom is 0.254 e. The monoisotopic (exact) mass is 852 g/mol. The minimum Gasteiger partial charge on any atom is -0.524 e. The molecule has 10 heteroatoms. The Bertz CT molecular complexity index is 1540. The number of carbonyl (C=O) groups excluding carboxylic acids is 2. The molecule has 1 radical (unpaired) electrons. The zero-order valence-corrected chi connectivity index (χ0v) is 31.8. The molecule has 7 nitrogen and oxygen atoms in total. The van der Waals surface area contributed by atoms with Gasteiger partial charge in [-0.25, -0.2) is 9.37 Å². The van der Waals surface area contributed by atoms with Crippen molar-refractivity contribution < 1.29 is 68.8 Å². The van der Waals surface area contributed by atoms with E-state index in [0.717, 1.165) is 28.5 Å². The summed E-state index contributed by atoms with van der Waals surface area (Å²) in [4.78, 5) is 42.2. The van der Waals surface area contributed by atoms with Crippen molar-refractivity contribution >= 4 is 23.1 Å². The molecule has 0 saturated carbocycles. The van der Waals surface area contributed by atoms with Gasteiger partial charge in [-0.3, -0.25) is 9.59 Å². The molecule has 231 valence electrons. The summed E-state index contributed by atoms with van der Waals surface area (Å²) in [5.41, 5.74) is 3.08. The van der Waals surface area contributed by atoms with E-state index < -0.39 is 11.4 Å². The number of halogens is 1. The molecule has 3 heterocycles. The molecule has 2 aromatic heterocycles. The first-order valence-corrected chi connectivity index (χ1v) is 14.6. The molecule has 0 bridgehead atoms. The van der Waals surface area contributed by atoms with Crippen molar-refractivity contribution in [3.63, 3.8) is 0 Å². The van der Waals surface area contributed by atoms with E-state index in [4.69, 9.17) is 4.98 Å². The number of amides is 1. The van der Waals surface area contributed by atoms with E-state index in [2.05, 4.69) is 26.1 Å². The fourth-order valence-corrected chi connectivity index (χ4v) is 5.90. The van der Waals surface area contributed by atoms with Crippen molar-refractivity contribution in [2.75, 3.05) is 0 Å². The predicted octanol–water partition coefficient (Wildman–Crippen LogP) is 5.91. The molecule has 1 aliphatic heterocycles. The summed E-state index contributed by atoms with van der Waals surface area (Å²) >= 11 is 0. The number of Topliss-reactive ketones (excluding diaryl/α,β-unsaturated/α-hetero) is 1. The van der Waals surface area contributed by atoms with Gasteiger partial charge < -0.3 is 26.7 Å². The molecule has 0 spiro atoms. The Labute approximate surface area is 290 Å². The molecule has 1 aromatic carbocycles. The normalized spacial score (nSPS) is 15.2. The van der Waals surface area contributed by atoms with Gasteiger partial charge in [0.05, 0.1) is 23.4 Å². The van der Waals surface area contributed by atoms with Crippen LogP contribution in [0.5, 0.6) is 0 Å². The standard InChI is InChI=1S/C27H27FN3O4.C3H8.C3H7.U.V/c1-5-15-18(27(35,6-2)14(4)33)9-22-25-17(11-31(22)26(15)34)24-20(29-12-32)8-7-16-13(3)19(28)10-21(30-25)23(16)24;2*1-3-2;;/h9-10,20,35H,5-8,11H2,1-4H3,(H,29,32);3H2,1-2H3;1,3H2,2H3;;/q-1;;-1;;/t20-,27+;;;;/m0..../s1. The maximum atomic E-state index is 14.8. The van der Waals surface area contributed by atoms with Gasteiger partial charge in [-0.2, -0.15) is 12.8 Å². The van der Waals surface area contributed by atoms with Gasteiger partial charge in [0.15, 0.2) is 5.78 Å². The molecule has 0 saturated heterocycles. The van der Waals surface area contributed by atoms with E-state index in [0.29, 0.717) is 52.9 Å². The van der Waals surface area contributed by atoms with Crippen LogP contribution in [0, 0.1) is 50.8 Å². The van der Waals surface area contributed by atoms with Gasteiger partial charge in [0, 0.05) is 83.9 Å². The van der Waals surface area contributed by atoms with Gasteiger partial charge in [0.25, 0.3) is 5.56 Å². The van der Waals surface area contributed by atoms with Gasteiger partial charge in [0.2, 0.25) is 0 Å². The first-order valence-electron chi connectivity index (χ1n) is 14.6. The Morgan fingerprint density at radius 1 is 1.23 bits per heavy atom. The molecular formula is C33H42FN3O4UV-2. The Morgan fingerprint density at radius 2 is 1.84 bits per heavy atom. The van der Waals surface area contributed by atoms with Gasteiger partial charge in [0.1, 0.15) is 11.4 Å². The molecular weight excluding hydrogens is 810 g/mol. The summed E-state index contributed by atoms with van der Waals surface area (Å²) < 4.78 is 16.4. The minimum absolute atomic E-state index is 0. The fourth-order valence-electron chi connectivity index (χ4n) is 5.90. The van der Waals surface area contributed by atoms with Crippen LogP contribution in [0.2, 0.25) is 0 Å². The van der Waals surface area contributed by atoms with E-state index >= 15 is 0 Å². The van der Waals surface area contributed by atoms with Crippen molar-refractivity contribution in [1.29, 1.82) is 0 Å². The van der Waals surface area contributed by atoms with E-state index in [1.807, 2.05) is 13.8 Å². The molecule has 2 N–H and O–H groups in total. The number of carbonyl (C=O) groups is 1. The largest absolute Gasteiger partial charge is 0.524 e. The first kappa shape index (κ1) is 39.3. The third-order valence-electron chi connectivity index (χ3n) is 7.86. The van der Waals surface area contributed by atoms with Gasteiger partial charge >= 0.3 is 0 Å². The molecule has 2 atom stereocenters. The number of aryl methyl sites for hydroxylation is 1. The number of hydrogen-bond donors (Lipinski definition) is 2. The van der Waals surface area contributed by atoms with Crippen LogP contribution in [-0.4, -0.2) is 26.9 Å². The molecule has 1 aliphatic carbocycles. The number of hydrogen-bond acceptors (Lipinski definition) is 5. The Hall–Kier alpha value is -1.75. The van der Waals surface area contributed by atoms with E-state index in [1.54, 1.807) is 30.9 Å². The SMILES string of the molecule is CCC.CCc1c([C@@](O)(CC)C(C)=O)cc2n(c1=O)Cc1c-2nc2cc(F)c(C)c3c2c1[C@@H](N[C-]=O)CC3.[CH2-]CC.[U].[V]. The molecule has 5 rings (SSSR count). The van der Waals surface area contributed by atoms with Crippen LogP contribution in [0.1, 0.15) is 107 Å². The van der Waals surface area contributed by atoms with E-state index in [9.17, 15) is 23.9 Å². The topological polar surface area (TPSA) is 101 Å². The second-order valence-corrected chi connectivity index (χ2v) is 10.7. The number of aromatic nitrogens is 2. The van der Waals surface area contributed by atoms with Crippen LogP contribution in [0.4, 0.5) is 4.39 Å². The average Bonchev–Trinajstić information content (AvgIpc) is 3.31. The Balaban J connectivity index is 0.00000107. The number of pyridine rings is 2. The Kier molecular flexibility index (Phi) is 15.1. The number of nitrogens with one attached hydrogen (secondary N) is 1. The second-order valence-electron chi connectivity index (χ2n) is 10.7. The van der Waals surface area contributed by atoms with Gasteiger partial charge in [-0.1, -0.05) is 41.0 Å². The van der Waals surface area contributed by atoms with Crippen LogP contribution in [0.15, 0.2) is 16.9 Å². The maximum absolute atomic E-state index is 14.8. The number of fused-ring (bicyclic) bond motifs is 4. The summed E-state index contributed by atoms with van der Waals surface area (Å²) in [5.74, 6) is -0.791. The van der Waals surface area contributed by atoms with Crippen molar-refractivity contribution in [3.05, 3.63) is 68.6 Å². The fraction of sp³-hybridized carbons (Fsp3) is 0.485. The molecule has 43 heavy (non-hydrogen) atoms. The van der Waals surface area contributed by atoms with Crippen molar-refractivity contribution in [1.82, 2.24) is 14.9 Å². The van der Waals surface area contributed by atoms with Crippen molar-refractivity contribution in [2.24, 2.45) is 0 Å². The third-order valence-corrected chi connectivity index (χ3v) is 7.86. The quantitative estimate of drug-likeness (QED) is 0.186. The number of aliphatic hydroxyl groups is 1. The van der Waals surface area contributed by atoms with Crippen LogP contribution < -0.4 is 10.9 Å². The summed E-state index contributed by atoms with van der Waals surface area (Å²) in [6.45, 7) is 16.6. The molecule has 1 amide bonds. The number of rotatable bonds is 6. The summed E-state index contributed by atoms with van der Waals surface area (Å²) in [6, 6.07) is 2.74. The number of ketones is 1. The minimum atomic E-state index is -1.79. The predicted molar refractivity (Wildman–Crippen MR) is 161 cm³/mol. The van der Waals surface area contributed by atoms with Gasteiger partial charge in [-0.05, 0) is 62.3 Å². The van der Waals surface area contributed by atoms with E-state index in [-0.39, 0.29) is 80.1 Å². The number of nitrogens with zero attached hydrogens (tertiary/aromatic N) is 2.